The molecule has 0 aliphatic heterocycles. The third-order valence-corrected chi connectivity index (χ3v) is 6.82. The zero-order valence-corrected chi connectivity index (χ0v) is 22.8. The first kappa shape index (κ1) is 30.8. The molecule has 4 rings (SSSR count). The van der Waals surface area contributed by atoms with Crippen molar-refractivity contribution in [2.24, 2.45) is 5.73 Å². The van der Waals surface area contributed by atoms with Crippen LogP contribution in [0.25, 0.3) is 5.69 Å². The molecule has 224 valence electrons. The maximum atomic E-state index is 13.8. The predicted molar refractivity (Wildman–Crippen MR) is 146 cm³/mol. The van der Waals surface area contributed by atoms with E-state index in [1.807, 2.05) is 35.6 Å². The van der Waals surface area contributed by atoms with Crippen LogP contribution in [0.15, 0.2) is 54.6 Å². The fraction of sp³-hybridized carbons (Fsp3) is 0.414. The topological polar surface area (TPSA) is 123 Å². The number of benzene rings is 2. The molecule has 9 nitrogen and oxygen atoms in total. The number of carbonyl (C=O) groups is 3. The smallest absolute Gasteiger partial charge is 0.343 e. The van der Waals surface area contributed by atoms with Gasteiger partial charge in [-0.05, 0) is 68.4 Å². The lowest BCUT2D eigenvalue weighted by Gasteiger charge is -2.23. The number of rotatable bonds is 13. The molecule has 42 heavy (non-hydrogen) atoms. The molecular weight excluding hydrogens is 556 g/mol. The van der Waals surface area contributed by atoms with Crippen molar-refractivity contribution in [3.63, 3.8) is 0 Å². The molecule has 1 saturated carbocycles. The van der Waals surface area contributed by atoms with Gasteiger partial charge in [-0.25, -0.2) is 4.68 Å². The molecule has 1 fully saturated rings. The first-order chi connectivity index (χ1) is 20.1. The van der Waals surface area contributed by atoms with Crippen molar-refractivity contribution in [3.05, 3.63) is 77.1 Å². The van der Waals surface area contributed by atoms with Gasteiger partial charge in [0.25, 0.3) is 11.8 Å². The van der Waals surface area contributed by atoms with Crippen LogP contribution < -0.4 is 11.1 Å². The van der Waals surface area contributed by atoms with Gasteiger partial charge < -0.3 is 11.1 Å². The van der Waals surface area contributed by atoms with Gasteiger partial charge in [-0.2, -0.15) is 13.2 Å². The van der Waals surface area contributed by atoms with Crippen molar-refractivity contribution in [3.8, 4) is 5.69 Å². The number of hydrogen-bond acceptors (Lipinski definition) is 6. The van der Waals surface area contributed by atoms with Crippen LogP contribution in [0.2, 0.25) is 0 Å². The third kappa shape index (κ3) is 7.99. The van der Waals surface area contributed by atoms with E-state index < -0.39 is 43.2 Å². The second-order valence-electron chi connectivity index (χ2n) is 10.2. The highest BCUT2D eigenvalue weighted by Crippen LogP contribution is 2.30. The Morgan fingerprint density at radius 1 is 1.02 bits per heavy atom. The summed E-state index contributed by atoms with van der Waals surface area (Å²) in [5.74, 6) is -2.04. The van der Waals surface area contributed by atoms with E-state index in [1.54, 1.807) is 0 Å². The van der Waals surface area contributed by atoms with Crippen LogP contribution in [0.5, 0.6) is 0 Å². The Balaban J connectivity index is 1.58. The van der Waals surface area contributed by atoms with Crippen molar-refractivity contribution >= 4 is 17.7 Å². The van der Waals surface area contributed by atoms with Crippen LogP contribution in [0.1, 0.15) is 64.2 Å². The van der Waals surface area contributed by atoms with Crippen LogP contribution >= 0.6 is 0 Å². The molecule has 1 aromatic heterocycles. The molecule has 1 heterocycles. The summed E-state index contributed by atoms with van der Waals surface area (Å²) in [7, 11) is 0. The van der Waals surface area contributed by atoms with Gasteiger partial charge in [0.2, 0.25) is 5.91 Å². The number of amides is 3. The van der Waals surface area contributed by atoms with E-state index in [1.165, 1.54) is 33.8 Å². The van der Waals surface area contributed by atoms with Gasteiger partial charge in [0.05, 0.1) is 24.1 Å². The lowest BCUT2D eigenvalue weighted by atomic mass is 10.0. The number of nitrogens with zero attached hydrogens (tertiary/aromatic N) is 4. The number of imide groups is 1. The maximum Gasteiger partial charge on any atom is 0.405 e. The van der Waals surface area contributed by atoms with Crippen LogP contribution in [0, 0.1) is 0 Å². The Kier molecular flexibility index (Phi) is 10.0. The van der Waals surface area contributed by atoms with Gasteiger partial charge in [-0.15, -0.1) is 5.10 Å². The van der Waals surface area contributed by atoms with Gasteiger partial charge in [0.1, 0.15) is 6.54 Å². The summed E-state index contributed by atoms with van der Waals surface area (Å²) >= 11 is 0. The second-order valence-corrected chi connectivity index (χ2v) is 10.2. The molecule has 0 bridgehead atoms. The second kappa shape index (κ2) is 13.7. The molecule has 1 aliphatic carbocycles. The number of unbranched alkanes of at least 4 members (excludes halogenated alkanes) is 2. The van der Waals surface area contributed by atoms with Crippen molar-refractivity contribution in [1.82, 2.24) is 25.2 Å². The van der Waals surface area contributed by atoms with E-state index in [0.717, 1.165) is 5.56 Å². The van der Waals surface area contributed by atoms with Gasteiger partial charge in [0, 0.05) is 11.6 Å². The Morgan fingerprint density at radius 3 is 2.33 bits per heavy atom. The monoisotopic (exact) mass is 588 g/mol. The zero-order valence-electron chi connectivity index (χ0n) is 22.8. The summed E-state index contributed by atoms with van der Waals surface area (Å²) in [5.41, 5.74) is 7.87. The number of carbonyl (C=O) groups excluding carboxylic acids is 3. The summed E-state index contributed by atoms with van der Waals surface area (Å²) in [4.78, 5) is 40.5. The average molecular weight is 589 g/mol. The van der Waals surface area contributed by atoms with E-state index in [4.69, 9.17) is 5.73 Å². The largest absolute Gasteiger partial charge is 0.405 e. The Hall–Kier alpha value is -4.13. The highest BCUT2D eigenvalue weighted by molar-refractivity contribution is 6.06. The molecule has 3 aromatic rings. The maximum absolute atomic E-state index is 13.8. The van der Waals surface area contributed by atoms with Gasteiger partial charge in [-0.1, -0.05) is 42.0 Å². The van der Waals surface area contributed by atoms with Crippen molar-refractivity contribution < 1.29 is 31.9 Å². The number of nitrogens with two attached hydrogens (primary N) is 1. The molecule has 0 spiro atoms. The molecule has 3 amide bonds. The summed E-state index contributed by atoms with van der Waals surface area (Å²) in [6, 6.07) is 13.6. The number of aromatic nitrogens is 3. The minimum atomic E-state index is -4.54. The fourth-order valence-electron chi connectivity index (χ4n) is 4.53. The molecule has 1 aliphatic rings. The Morgan fingerprint density at radius 2 is 1.71 bits per heavy atom. The van der Waals surface area contributed by atoms with Crippen LogP contribution in [-0.2, 0) is 17.6 Å². The van der Waals surface area contributed by atoms with Gasteiger partial charge in [-0.3, -0.25) is 23.7 Å². The minimum Gasteiger partial charge on any atom is -0.343 e. The number of nitrogens with one attached hydrogen (secondary N) is 1. The highest BCUT2D eigenvalue weighted by atomic mass is 19.4. The fourth-order valence-corrected chi connectivity index (χ4v) is 4.53. The van der Waals surface area contributed by atoms with Crippen LogP contribution in [-0.4, -0.2) is 69.1 Å². The van der Waals surface area contributed by atoms with Crippen molar-refractivity contribution in [2.45, 2.75) is 63.2 Å². The first-order valence-electron chi connectivity index (χ1n) is 13.7. The quantitative estimate of drug-likeness (QED) is 0.230. The average Bonchev–Trinajstić information content (AvgIpc) is 3.72. The molecule has 1 unspecified atom stereocenters. The van der Waals surface area contributed by atoms with E-state index >= 15 is 0 Å². The Labute approximate surface area is 240 Å². The number of alkyl halides is 4. The van der Waals surface area contributed by atoms with E-state index in [2.05, 4.69) is 10.3 Å². The van der Waals surface area contributed by atoms with E-state index in [0.29, 0.717) is 49.9 Å². The SMILES string of the molecule is NC(Cc1ccccc1)C(=O)N(C(=O)c1nnn(-c2ccc(C(=O)NCC(F)(F)F)cc2)c1CCCCCF)C1CC1. The van der Waals surface area contributed by atoms with Gasteiger partial charge >= 0.3 is 6.18 Å². The van der Waals surface area contributed by atoms with Gasteiger partial charge in [0.15, 0.2) is 5.69 Å². The lowest BCUT2D eigenvalue weighted by Crippen LogP contribution is -2.49. The molecule has 13 heteroatoms. The van der Waals surface area contributed by atoms with Crippen molar-refractivity contribution in [1.29, 1.82) is 0 Å². The standard InChI is InChI=1S/C29H32F4N6O3/c30-16-6-2-5-9-24-25(28(42)38(21-14-15-21)27(41)23(34)17-19-7-3-1-4-8-19)36-37-39(24)22-12-10-20(11-13-22)26(40)35-18-29(31,32)33/h1,3-4,7-8,10-13,21,23H,2,5-6,9,14-18,34H2,(H,35,40). The molecule has 1 atom stereocenters. The molecule has 0 radical (unpaired) electrons. The summed E-state index contributed by atoms with van der Waals surface area (Å²) in [6.07, 6.45) is -1.31. The molecule has 0 saturated heterocycles. The van der Waals surface area contributed by atoms with E-state index in [-0.39, 0.29) is 23.7 Å². The summed E-state index contributed by atoms with van der Waals surface area (Å²) < 4.78 is 51.5. The molecule has 3 N–H and O–H groups in total. The third-order valence-electron chi connectivity index (χ3n) is 6.82. The Bertz CT molecular complexity index is 1370. The molecular formula is C29H32F4N6O3. The zero-order chi connectivity index (χ0) is 30.3. The summed E-state index contributed by atoms with van der Waals surface area (Å²) in [6.45, 7) is -1.94. The highest BCUT2D eigenvalue weighted by Gasteiger charge is 2.41. The number of halogens is 4. The van der Waals surface area contributed by atoms with E-state index in [9.17, 15) is 31.9 Å². The minimum absolute atomic E-state index is 0.00169. The van der Waals surface area contributed by atoms with Crippen molar-refractivity contribution in [2.75, 3.05) is 13.2 Å². The first-order valence-corrected chi connectivity index (χ1v) is 13.7. The number of hydrogen-bond donors (Lipinski definition) is 2. The summed E-state index contributed by atoms with van der Waals surface area (Å²) in [5, 5.41) is 10.1. The normalized spacial score (nSPS) is 13.9. The van der Waals surface area contributed by atoms with Crippen LogP contribution in [0.4, 0.5) is 17.6 Å². The molecule has 2 aromatic carbocycles. The van der Waals surface area contributed by atoms with Crippen LogP contribution in [0.3, 0.4) is 0 Å². The lowest BCUT2D eigenvalue weighted by molar-refractivity contribution is -0.130. The predicted octanol–water partition coefficient (Wildman–Crippen LogP) is 3.94.